The summed E-state index contributed by atoms with van der Waals surface area (Å²) in [6.45, 7) is 1.21. The van der Waals surface area contributed by atoms with E-state index in [1.807, 2.05) is 0 Å². The van der Waals surface area contributed by atoms with Crippen molar-refractivity contribution in [3.63, 3.8) is 0 Å². The van der Waals surface area contributed by atoms with E-state index in [1.165, 1.54) is 51.5 Å². The van der Waals surface area contributed by atoms with Crippen LogP contribution >= 0.6 is 0 Å². The van der Waals surface area contributed by atoms with Crippen LogP contribution in [0.2, 0.25) is 0 Å². The third-order valence-electron chi connectivity index (χ3n) is 4.28. The van der Waals surface area contributed by atoms with E-state index in [0.717, 1.165) is 12.3 Å². The lowest BCUT2D eigenvalue weighted by molar-refractivity contribution is 0.0729. The highest BCUT2D eigenvalue weighted by Crippen LogP contribution is 2.28. The number of hydrogen-bond acceptors (Lipinski definition) is 2. The molecule has 0 bridgehead atoms. The zero-order chi connectivity index (χ0) is 10.7. The van der Waals surface area contributed by atoms with Gasteiger partial charge in [0.15, 0.2) is 0 Å². The second-order valence-corrected chi connectivity index (χ2v) is 5.51. The first-order chi connectivity index (χ1) is 7.27. The molecule has 2 aliphatic rings. The molecule has 0 unspecified atom stereocenters. The molecule has 1 N–H and O–H groups in total. The molecule has 2 rings (SSSR count). The summed E-state index contributed by atoms with van der Waals surface area (Å²) < 4.78 is 0. The van der Waals surface area contributed by atoms with Gasteiger partial charge in [-0.05, 0) is 45.1 Å². The molecule has 0 aliphatic heterocycles. The van der Waals surface area contributed by atoms with Crippen molar-refractivity contribution in [1.82, 2.24) is 4.90 Å². The van der Waals surface area contributed by atoms with Crippen molar-refractivity contribution in [3.05, 3.63) is 0 Å². The Balaban J connectivity index is 1.77. The Morgan fingerprint density at radius 3 is 2.33 bits per heavy atom. The average molecular weight is 211 g/mol. The highest BCUT2D eigenvalue weighted by molar-refractivity contribution is 4.84. The van der Waals surface area contributed by atoms with E-state index in [9.17, 15) is 5.11 Å². The lowest BCUT2D eigenvalue weighted by Gasteiger charge is -2.32. The zero-order valence-corrected chi connectivity index (χ0v) is 9.99. The molecule has 2 nitrogen and oxygen atoms in total. The topological polar surface area (TPSA) is 23.5 Å². The van der Waals surface area contributed by atoms with E-state index in [0.29, 0.717) is 6.04 Å². The highest BCUT2D eigenvalue weighted by atomic mass is 16.3. The zero-order valence-electron chi connectivity index (χ0n) is 9.99. The summed E-state index contributed by atoms with van der Waals surface area (Å²) in [7, 11) is 2.20. The van der Waals surface area contributed by atoms with Crippen LogP contribution in [0.3, 0.4) is 0 Å². The van der Waals surface area contributed by atoms with Crippen LogP contribution in [0.1, 0.15) is 51.4 Å². The molecule has 0 saturated heterocycles. The van der Waals surface area contributed by atoms with Crippen molar-refractivity contribution in [2.24, 2.45) is 5.92 Å². The lowest BCUT2D eigenvalue weighted by atomic mass is 9.88. The van der Waals surface area contributed by atoms with Gasteiger partial charge in [-0.15, -0.1) is 0 Å². The molecule has 0 radical (unpaired) electrons. The van der Waals surface area contributed by atoms with Gasteiger partial charge in [0.1, 0.15) is 0 Å². The third-order valence-corrected chi connectivity index (χ3v) is 4.28. The number of aliphatic hydroxyl groups is 1. The quantitative estimate of drug-likeness (QED) is 0.775. The minimum absolute atomic E-state index is 0.0569. The average Bonchev–Trinajstić information content (AvgIpc) is 2.66. The molecule has 2 fully saturated rings. The summed E-state index contributed by atoms with van der Waals surface area (Å²) in [6, 6.07) is 0.451. The Bertz CT molecular complexity index is 189. The largest absolute Gasteiger partial charge is 0.391 e. The van der Waals surface area contributed by atoms with Crippen LogP contribution in [0.4, 0.5) is 0 Å². The maximum Gasteiger partial charge on any atom is 0.0695 e. The van der Waals surface area contributed by atoms with Crippen LogP contribution in [-0.4, -0.2) is 35.7 Å². The molecule has 15 heavy (non-hydrogen) atoms. The Morgan fingerprint density at radius 1 is 1.00 bits per heavy atom. The summed E-state index contributed by atoms with van der Waals surface area (Å²) in [5, 5.41) is 9.85. The SMILES string of the molecule is CN(CC1CCCCC1)[C@@H]1CCC[C@H]1O. The maximum absolute atomic E-state index is 9.85. The predicted octanol–water partition coefficient (Wildman–Crippen LogP) is 2.41. The van der Waals surface area contributed by atoms with E-state index in [4.69, 9.17) is 0 Å². The third kappa shape index (κ3) is 2.94. The van der Waals surface area contributed by atoms with Gasteiger partial charge < -0.3 is 10.0 Å². The molecule has 0 aromatic carbocycles. The normalized spacial score (nSPS) is 33.8. The molecular weight excluding hydrogens is 186 g/mol. The van der Waals surface area contributed by atoms with Gasteiger partial charge in [-0.2, -0.15) is 0 Å². The Kier molecular flexibility index (Phi) is 4.04. The smallest absolute Gasteiger partial charge is 0.0695 e. The summed E-state index contributed by atoms with van der Waals surface area (Å²) in [5.41, 5.74) is 0. The highest BCUT2D eigenvalue weighted by Gasteiger charge is 2.29. The van der Waals surface area contributed by atoms with Gasteiger partial charge in [-0.25, -0.2) is 0 Å². The standard InChI is InChI=1S/C13H25NO/c1-14(12-8-5-9-13(12)15)10-11-6-3-2-4-7-11/h11-13,15H,2-10H2,1H3/t12-,13-/m1/s1. The molecule has 0 amide bonds. The van der Waals surface area contributed by atoms with Gasteiger partial charge in [0.2, 0.25) is 0 Å². The van der Waals surface area contributed by atoms with E-state index in [-0.39, 0.29) is 6.10 Å². The van der Waals surface area contributed by atoms with Gasteiger partial charge in [-0.3, -0.25) is 0 Å². The number of rotatable bonds is 3. The van der Waals surface area contributed by atoms with Crippen molar-refractivity contribution < 1.29 is 5.11 Å². The number of likely N-dealkylation sites (N-methyl/N-ethyl adjacent to an activating group) is 1. The van der Waals surface area contributed by atoms with Crippen LogP contribution in [0.25, 0.3) is 0 Å². The molecule has 88 valence electrons. The fourth-order valence-electron chi connectivity index (χ4n) is 3.35. The number of nitrogens with zero attached hydrogens (tertiary/aromatic N) is 1. The summed E-state index contributed by atoms with van der Waals surface area (Å²) in [6.07, 6.45) is 10.5. The fourth-order valence-corrected chi connectivity index (χ4v) is 3.35. The fraction of sp³-hybridized carbons (Fsp3) is 1.00. The molecule has 0 aromatic rings. The van der Waals surface area contributed by atoms with Gasteiger partial charge in [0.05, 0.1) is 6.10 Å². The molecule has 0 aromatic heterocycles. The van der Waals surface area contributed by atoms with Crippen molar-refractivity contribution >= 4 is 0 Å². The monoisotopic (exact) mass is 211 g/mol. The second-order valence-electron chi connectivity index (χ2n) is 5.51. The van der Waals surface area contributed by atoms with Crippen LogP contribution in [0.15, 0.2) is 0 Å². The molecule has 2 atom stereocenters. The van der Waals surface area contributed by atoms with Crippen LogP contribution < -0.4 is 0 Å². The Labute approximate surface area is 93.7 Å². The van der Waals surface area contributed by atoms with Gasteiger partial charge in [0.25, 0.3) is 0 Å². The van der Waals surface area contributed by atoms with Crippen molar-refractivity contribution in [2.75, 3.05) is 13.6 Å². The first-order valence-corrected chi connectivity index (χ1v) is 6.65. The van der Waals surface area contributed by atoms with Crippen LogP contribution in [-0.2, 0) is 0 Å². The number of aliphatic hydroxyl groups excluding tert-OH is 1. The number of hydrogen-bond donors (Lipinski definition) is 1. The predicted molar refractivity (Wildman–Crippen MR) is 62.9 cm³/mol. The Hall–Kier alpha value is -0.0800. The Morgan fingerprint density at radius 2 is 1.73 bits per heavy atom. The second kappa shape index (κ2) is 5.31. The summed E-state index contributed by atoms with van der Waals surface area (Å²) in [4.78, 5) is 2.42. The molecular formula is C13H25NO. The minimum Gasteiger partial charge on any atom is -0.391 e. The van der Waals surface area contributed by atoms with Gasteiger partial charge in [-0.1, -0.05) is 19.3 Å². The first-order valence-electron chi connectivity index (χ1n) is 6.65. The van der Waals surface area contributed by atoms with Gasteiger partial charge >= 0.3 is 0 Å². The summed E-state index contributed by atoms with van der Waals surface area (Å²) >= 11 is 0. The first kappa shape index (κ1) is 11.4. The molecule has 2 saturated carbocycles. The molecule has 0 heterocycles. The van der Waals surface area contributed by atoms with Crippen molar-refractivity contribution in [2.45, 2.75) is 63.5 Å². The van der Waals surface area contributed by atoms with Crippen LogP contribution in [0, 0.1) is 5.92 Å². The van der Waals surface area contributed by atoms with Gasteiger partial charge in [0, 0.05) is 12.6 Å². The maximum atomic E-state index is 9.85. The van der Waals surface area contributed by atoms with Crippen molar-refractivity contribution in [1.29, 1.82) is 0 Å². The van der Waals surface area contributed by atoms with E-state index in [2.05, 4.69) is 11.9 Å². The van der Waals surface area contributed by atoms with E-state index >= 15 is 0 Å². The lowest BCUT2D eigenvalue weighted by Crippen LogP contribution is -2.40. The van der Waals surface area contributed by atoms with Crippen LogP contribution in [0.5, 0.6) is 0 Å². The minimum atomic E-state index is -0.0569. The molecule has 2 heteroatoms. The molecule has 2 aliphatic carbocycles. The summed E-state index contributed by atoms with van der Waals surface area (Å²) in [5.74, 6) is 0.900. The van der Waals surface area contributed by atoms with E-state index in [1.54, 1.807) is 0 Å². The van der Waals surface area contributed by atoms with Crippen molar-refractivity contribution in [3.8, 4) is 0 Å². The molecule has 0 spiro atoms. The van der Waals surface area contributed by atoms with E-state index < -0.39 is 0 Å².